The van der Waals surface area contributed by atoms with E-state index in [4.69, 9.17) is 4.74 Å². The molecule has 0 aliphatic heterocycles. The number of hydrogen-bond donors (Lipinski definition) is 0. The van der Waals surface area contributed by atoms with E-state index in [1.165, 1.54) is 0 Å². The smallest absolute Gasteiger partial charge is 0.338 e. The summed E-state index contributed by atoms with van der Waals surface area (Å²) in [6, 6.07) is 12.3. The minimum atomic E-state index is -0.321. The Morgan fingerprint density at radius 1 is 0.960 bits per heavy atom. The maximum atomic E-state index is 14.4. The van der Waals surface area contributed by atoms with Gasteiger partial charge >= 0.3 is 5.97 Å². The van der Waals surface area contributed by atoms with Crippen LogP contribution in [0.25, 0.3) is 11.1 Å². The number of esters is 1. The van der Waals surface area contributed by atoms with Gasteiger partial charge in [-0.25, -0.2) is 9.18 Å². The third-order valence-electron chi connectivity index (χ3n) is 4.27. The van der Waals surface area contributed by atoms with E-state index in [-0.39, 0.29) is 11.8 Å². The summed E-state index contributed by atoms with van der Waals surface area (Å²) in [5.41, 5.74) is 2.85. The lowest BCUT2D eigenvalue weighted by atomic mass is 10.00. The average Bonchev–Trinajstić information content (AvgIpc) is 2.63. The van der Waals surface area contributed by atoms with Crippen LogP contribution in [0.3, 0.4) is 0 Å². The fraction of sp³-hybridized carbons (Fsp3) is 0.409. The summed E-state index contributed by atoms with van der Waals surface area (Å²) in [5.74, 6) is -0.540. The van der Waals surface area contributed by atoms with E-state index in [1.807, 2.05) is 12.1 Å². The molecule has 0 saturated heterocycles. The van der Waals surface area contributed by atoms with E-state index >= 15 is 0 Å². The summed E-state index contributed by atoms with van der Waals surface area (Å²) >= 11 is 0. The van der Waals surface area contributed by atoms with Gasteiger partial charge in [-0.3, -0.25) is 0 Å². The molecular formula is C22H27FO2. The Bertz CT molecular complexity index is 677. The highest BCUT2D eigenvalue weighted by molar-refractivity contribution is 5.90. The van der Waals surface area contributed by atoms with Crippen molar-refractivity contribution in [1.82, 2.24) is 0 Å². The second-order valence-electron chi connectivity index (χ2n) is 6.34. The van der Waals surface area contributed by atoms with Crippen LogP contribution in [0, 0.1) is 5.82 Å². The molecule has 0 N–H and O–H groups in total. The van der Waals surface area contributed by atoms with Gasteiger partial charge in [0.2, 0.25) is 0 Å². The summed E-state index contributed by atoms with van der Waals surface area (Å²) in [4.78, 5) is 12.0. The zero-order valence-electron chi connectivity index (χ0n) is 15.2. The third kappa shape index (κ3) is 5.70. The number of unbranched alkanes of at least 4 members (excludes halogenated alkanes) is 3. The first-order chi connectivity index (χ1) is 12.2. The molecule has 0 fully saturated rings. The molecule has 2 aromatic rings. The summed E-state index contributed by atoms with van der Waals surface area (Å²) in [6.07, 6.45) is 6.09. The Balaban J connectivity index is 2.03. The molecule has 0 atom stereocenters. The highest BCUT2D eigenvalue weighted by Crippen LogP contribution is 2.25. The van der Waals surface area contributed by atoms with Gasteiger partial charge in [0.25, 0.3) is 0 Å². The summed E-state index contributed by atoms with van der Waals surface area (Å²) in [5, 5.41) is 0. The Kier molecular flexibility index (Phi) is 7.65. The van der Waals surface area contributed by atoms with Gasteiger partial charge in [0, 0.05) is 5.56 Å². The zero-order valence-corrected chi connectivity index (χ0v) is 15.2. The molecule has 3 heteroatoms. The second kappa shape index (κ2) is 9.97. The zero-order chi connectivity index (χ0) is 18.1. The van der Waals surface area contributed by atoms with Crippen molar-refractivity contribution >= 4 is 5.97 Å². The number of rotatable bonds is 9. The van der Waals surface area contributed by atoms with Crippen LogP contribution in [0.4, 0.5) is 4.39 Å². The van der Waals surface area contributed by atoms with Crippen molar-refractivity contribution < 1.29 is 13.9 Å². The Hall–Kier alpha value is -2.16. The third-order valence-corrected chi connectivity index (χ3v) is 4.27. The van der Waals surface area contributed by atoms with Crippen LogP contribution in [0.2, 0.25) is 0 Å². The predicted molar refractivity (Wildman–Crippen MR) is 100 cm³/mol. The molecule has 2 aromatic carbocycles. The molecule has 0 spiro atoms. The summed E-state index contributed by atoms with van der Waals surface area (Å²) in [7, 11) is 0. The largest absolute Gasteiger partial charge is 0.462 e. The predicted octanol–water partition coefficient (Wildman–Crippen LogP) is 6.18. The van der Waals surface area contributed by atoms with Crippen molar-refractivity contribution in [2.75, 3.05) is 6.61 Å². The van der Waals surface area contributed by atoms with Crippen LogP contribution in [0.1, 0.15) is 61.9 Å². The summed E-state index contributed by atoms with van der Waals surface area (Å²) in [6.45, 7) is 4.68. The number of hydrogen-bond acceptors (Lipinski definition) is 2. The van der Waals surface area contributed by atoms with Gasteiger partial charge in [-0.2, -0.15) is 0 Å². The molecule has 0 heterocycles. The number of carbonyl (C=O) groups is 1. The molecule has 25 heavy (non-hydrogen) atoms. The second-order valence-corrected chi connectivity index (χ2v) is 6.34. The van der Waals surface area contributed by atoms with Crippen LogP contribution in [0.5, 0.6) is 0 Å². The van der Waals surface area contributed by atoms with E-state index < -0.39 is 0 Å². The molecule has 2 rings (SSSR count). The fourth-order valence-electron chi connectivity index (χ4n) is 2.72. The van der Waals surface area contributed by atoms with E-state index in [2.05, 4.69) is 13.8 Å². The number of carbonyl (C=O) groups excluding carboxylic acids is 1. The maximum absolute atomic E-state index is 14.4. The van der Waals surface area contributed by atoms with Crippen molar-refractivity contribution in [1.29, 1.82) is 0 Å². The van der Waals surface area contributed by atoms with E-state index in [0.717, 1.165) is 49.7 Å². The van der Waals surface area contributed by atoms with Gasteiger partial charge in [0.15, 0.2) is 0 Å². The first kappa shape index (κ1) is 19.2. The first-order valence-corrected chi connectivity index (χ1v) is 9.21. The van der Waals surface area contributed by atoms with E-state index in [0.29, 0.717) is 17.7 Å². The van der Waals surface area contributed by atoms with Gasteiger partial charge in [0.1, 0.15) is 5.82 Å². The normalized spacial score (nSPS) is 10.7. The highest BCUT2D eigenvalue weighted by atomic mass is 19.1. The van der Waals surface area contributed by atoms with Gasteiger partial charge in [-0.1, -0.05) is 57.4 Å². The Morgan fingerprint density at radius 3 is 2.32 bits per heavy atom. The quantitative estimate of drug-likeness (QED) is 0.401. The minimum absolute atomic E-state index is 0.219. The SMILES string of the molecule is CCCCCOC(=O)c1ccc(-c2ccc(CCCC)cc2F)cc1. The van der Waals surface area contributed by atoms with Crippen LogP contribution in [-0.4, -0.2) is 12.6 Å². The molecule has 134 valence electrons. The monoisotopic (exact) mass is 342 g/mol. The molecule has 0 bridgehead atoms. The number of benzene rings is 2. The molecule has 2 nitrogen and oxygen atoms in total. The molecule has 0 saturated carbocycles. The lowest BCUT2D eigenvalue weighted by Gasteiger charge is -2.08. The van der Waals surface area contributed by atoms with Gasteiger partial charge in [-0.05, 0) is 48.6 Å². The topological polar surface area (TPSA) is 26.3 Å². The molecule has 0 aromatic heterocycles. The van der Waals surface area contributed by atoms with Crippen LogP contribution < -0.4 is 0 Å². The Morgan fingerprint density at radius 2 is 1.68 bits per heavy atom. The van der Waals surface area contributed by atoms with Gasteiger partial charge < -0.3 is 4.74 Å². The molecular weight excluding hydrogens is 315 g/mol. The van der Waals surface area contributed by atoms with Crippen LogP contribution in [0.15, 0.2) is 42.5 Å². The van der Waals surface area contributed by atoms with Crippen molar-refractivity contribution in [2.45, 2.75) is 52.4 Å². The van der Waals surface area contributed by atoms with Crippen molar-refractivity contribution in [2.24, 2.45) is 0 Å². The number of ether oxygens (including phenoxy) is 1. The fourth-order valence-corrected chi connectivity index (χ4v) is 2.72. The van der Waals surface area contributed by atoms with Gasteiger partial charge in [0.05, 0.1) is 12.2 Å². The minimum Gasteiger partial charge on any atom is -0.462 e. The molecule has 0 aliphatic rings. The average molecular weight is 342 g/mol. The Labute approximate surface area is 150 Å². The lowest BCUT2D eigenvalue weighted by molar-refractivity contribution is 0.0498. The molecule has 0 amide bonds. The lowest BCUT2D eigenvalue weighted by Crippen LogP contribution is -2.06. The first-order valence-electron chi connectivity index (χ1n) is 9.21. The standard InChI is InChI=1S/C22H27FO2/c1-3-5-7-15-25-22(24)19-12-10-18(11-13-19)20-14-9-17(8-6-4-2)16-21(20)23/h9-14,16H,3-8,15H2,1-2H3. The van der Waals surface area contributed by atoms with Crippen molar-refractivity contribution in [3.8, 4) is 11.1 Å². The van der Waals surface area contributed by atoms with Crippen molar-refractivity contribution in [3.63, 3.8) is 0 Å². The summed E-state index contributed by atoms with van der Waals surface area (Å²) < 4.78 is 19.6. The van der Waals surface area contributed by atoms with Crippen LogP contribution in [-0.2, 0) is 11.2 Å². The molecule has 0 aliphatic carbocycles. The maximum Gasteiger partial charge on any atom is 0.338 e. The van der Waals surface area contributed by atoms with E-state index in [1.54, 1.807) is 30.3 Å². The van der Waals surface area contributed by atoms with E-state index in [9.17, 15) is 9.18 Å². The number of halogens is 1. The van der Waals surface area contributed by atoms with Crippen molar-refractivity contribution in [3.05, 3.63) is 59.4 Å². The van der Waals surface area contributed by atoms with Crippen LogP contribution >= 0.6 is 0 Å². The molecule has 0 unspecified atom stereocenters. The number of aryl methyl sites for hydroxylation is 1. The van der Waals surface area contributed by atoms with Gasteiger partial charge in [-0.15, -0.1) is 0 Å². The highest BCUT2D eigenvalue weighted by Gasteiger charge is 2.10. The molecule has 0 radical (unpaired) electrons.